The molecule has 3 heterocycles. The Morgan fingerprint density at radius 1 is 1.17 bits per heavy atom. The van der Waals surface area contributed by atoms with Gasteiger partial charge in [0.15, 0.2) is 0 Å². The van der Waals surface area contributed by atoms with E-state index in [-0.39, 0.29) is 23.7 Å². The van der Waals surface area contributed by atoms with Crippen LogP contribution in [0.5, 0.6) is 0 Å². The first-order valence-corrected chi connectivity index (χ1v) is 13.3. The van der Waals surface area contributed by atoms with E-state index in [4.69, 9.17) is 4.52 Å². The molecule has 35 heavy (non-hydrogen) atoms. The number of likely N-dealkylation sites (tertiary alicyclic amines) is 1. The lowest BCUT2D eigenvalue weighted by atomic mass is 9.74. The number of nitrogens with zero attached hydrogens (tertiary/aromatic N) is 3. The van der Waals surface area contributed by atoms with Gasteiger partial charge in [0.25, 0.3) is 0 Å². The largest absolute Gasteiger partial charge is 0.360 e. The molecule has 1 aromatic carbocycles. The second-order valence-corrected chi connectivity index (χ2v) is 10.7. The van der Waals surface area contributed by atoms with Crippen LogP contribution < -0.4 is 5.32 Å². The highest BCUT2D eigenvalue weighted by Crippen LogP contribution is 2.41. The number of rotatable bonds is 7. The summed E-state index contributed by atoms with van der Waals surface area (Å²) >= 11 is 1.64. The lowest BCUT2D eigenvalue weighted by Crippen LogP contribution is -2.48. The van der Waals surface area contributed by atoms with Crippen molar-refractivity contribution >= 4 is 23.2 Å². The molecule has 2 aromatic heterocycles. The van der Waals surface area contributed by atoms with Gasteiger partial charge in [-0.3, -0.25) is 9.59 Å². The number of aromatic nitrogens is 2. The molecule has 2 fully saturated rings. The van der Waals surface area contributed by atoms with E-state index in [9.17, 15) is 9.59 Å². The number of amides is 2. The Bertz CT molecular complexity index is 1230. The summed E-state index contributed by atoms with van der Waals surface area (Å²) in [5, 5.41) is 7.11. The van der Waals surface area contributed by atoms with Crippen molar-refractivity contribution in [2.75, 3.05) is 6.54 Å². The number of thiazole rings is 1. The predicted octanol–water partition coefficient (Wildman–Crippen LogP) is 4.91. The second-order valence-electron chi connectivity index (χ2n) is 9.85. The lowest BCUT2D eigenvalue weighted by Gasteiger charge is -2.35. The number of aryl methyl sites for hydroxylation is 3. The number of hydrogen-bond acceptors (Lipinski definition) is 6. The highest BCUT2D eigenvalue weighted by molar-refractivity contribution is 7.13. The van der Waals surface area contributed by atoms with Gasteiger partial charge in [-0.05, 0) is 69.1 Å². The van der Waals surface area contributed by atoms with E-state index < -0.39 is 6.04 Å². The standard InChI is InChI=1S/C27H32N4O3S/c1-16-12-20(25-18(3)29-15-35-25)9-10-21(16)14-28-26(32)22-8-5-11-31(22)27(33)24(19-6-4-7-19)23-13-17(2)30-34-23/h9-10,12-13,15,19,22,24H,4-8,11,14H2,1-3H3,(H,28,32). The van der Waals surface area contributed by atoms with Gasteiger partial charge in [0, 0.05) is 19.2 Å². The summed E-state index contributed by atoms with van der Waals surface area (Å²) in [7, 11) is 0. The Morgan fingerprint density at radius 3 is 2.63 bits per heavy atom. The Hall–Kier alpha value is -3.00. The number of carbonyl (C=O) groups is 2. The molecule has 0 bridgehead atoms. The molecule has 1 saturated carbocycles. The van der Waals surface area contributed by atoms with Gasteiger partial charge >= 0.3 is 0 Å². The van der Waals surface area contributed by atoms with Crippen LogP contribution in [0.4, 0.5) is 0 Å². The molecule has 1 aliphatic carbocycles. The quantitative estimate of drug-likeness (QED) is 0.506. The predicted molar refractivity (Wildman–Crippen MR) is 135 cm³/mol. The molecule has 184 valence electrons. The third-order valence-electron chi connectivity index (χ3n) is 7.48. The van der Waals surface area contributed by atoms with Gasteiger partial charge in [-0.25, -0.2) is 4.98 Å². The van der Waals surface area contributed by atoms with E-state index in [1.165, 1.54) is 4.88 Å². The summed E-state index contributed by atoms with van der Waals surface area (Å²) in [5.41, 5.74) is 7.02. The maximum Gasteiger partial charge on any atom is 0.243 e. The number of nitrogens with one attached hydrogen (secondary N) is 1. The maximum absolute atomic E-state index is 13.7. The fourth-order valence-corrected chi connectivity index (χ4v) is 6.06. The van der Waals surface area contributed by atoms with Crippen LogP contribution >= 0.6 is 11.3 Å². The van der Waals surface area contributed by atoms with Crippen LogP contribution in [-0.4, -0.2) is 39.4 Å². The highest BCUT2D eigenvalue weighted by atomic mass is 32.1. The number of hydrogen-bond donors (Lipinski definition) is 1. The zero-order valence-corrected chi connectivity index (χ0v) is 21.4. The van der Waals surface area contributed by atoms with Crippen molar-refractivity contribution in [3.63, 3.8) is 0 Å². The van der Waals surface area contributed by atoms with Crippen molar-refractivity contribution in [1.82, 2.24) is 20.4 Å². The molecule has 1 saturated heterocycles. The van der Waals surface area contributed by atoms with Gasteiger partial charge in [0.1, 0.15) is 17.7 Å². The molecule has 2 aliphatic rings. The van der Waals surface area contributed by atoms with E-state index in [1.54, 1.807) is 16.2 Å². The first-order chi connectivity index (χ1) is 16.9. The average molecular weight is 493 g/mol. The van der Waals surface area contributed by atoms with Crippen LogP contribution in [0.25, 0.3) is 10.4 Å². The smallest absolute Gasteiger partial charge is 0.243 e. The minimum Gasteiger partial charge on any atom is -0.360 e. The molecule has 1 aliphatic heterocycles. The van der Waals surface area contributed by atoms with Gasteiger partial charge in [-0.1, -0.05) is 29.8 Å². The zero-order valence-electron chi connectivity index (χ0n) is 20.5. The fraction of sp³-hybridized carbons (Fsp3) is 0.481. The van der Waals surface area contributed by atoms with Crippen LogP contribution in [0.15, 0.2) is 34.3 Å². The van der Waals surface area contributed by atoms with Crippen LogP contribution in [0.2, 0.25) is 0 Å². The normalized spacial score (nSPS) is 18.9. The van der Waals surface area contributed by atoms with Crippen molar-refractivity contribution in [3.05, 3.63) is 58.1 Å². The van der Waals surface area contributed by atoms with Crippen molar-refractivity contribution in [2.24, 2.45) is 5.92 Å². The first kappa shape index (κ1) is 23.7. The number of carbonyl (C=O) groups excluding carboxylic acids is 2. The van der Waals surface area contributed by atoms with E-state index in [0.717, 1.165) is 53.8 Å². The molecule has 7 nitrogen and oxygen atoms in total. The van der Waals surface area contributed by atoms with Crippen molar-refractivity contribution in [3.8, 4) is 10.4 Å². The highest BCUT2D eigenvalue weighted by Gasteiger charge is 2.43. The zero-order chi connectivity index (χ0) is 24.5. The Morgan fingerprint density at radius 2 is 2.00 bits per heavy atom. The fourth-order valence-electron chi connectivity index (χ4n) is 5.25. The molecular formula is C27H32N4O3S. The van der Waals surface area contributed by atoms with Crippen LogP contribution in [-0.2, 0) is 16.1 Å². The minimum absolute atomic E-state index is 0.00367. The van der Waals surface area contributed by atoms with Gasteiger partial charge < -0.3 is 14.7 Å². The topological polar surface area (TPSA) is 88.3 Å². The van der Waals surface area contributed by atoms with Crippen LogP contribution in [0.1, 0.15) is 66.3 Å². The Labute approximate surface area is 209 Å². The van der Waals surface area contributed by atoms with Crippen molar-refractivity contribution in [2.45, 2.75) is 71.4 Å². The number of benzene rings is 1. The van der Waals surface area contributed by atoms with E-state index in [1.807, 2.05) is 25.4 Å². The molecule has 1 N–H and O–H groups in total. The molecule has 2 amide bonds. The monoisotopic (exact) mass is 492 g/mol. The third-order valence-corrected chi connectivity index (χ3v) is 8.46. The lowest BCUT2D eigenvalue weighted by molar-refractivity contribution is -0.141. The molecule has 3 aromatic rings. The van der Waals surface area contributed by atoms with Gasteiger partial charge in [-0.15, -0.1) is 11.3 Å². The molecular weight excluding hydrogens is 460 g/mol. The average Bonchev–Trinajstić information content (AvgIpc) is 3.55. The second kappa shape index (κ2) is 9.93. The van der Waals surface area contributed by atoms with Crippen LogP contribution in [0.3, 0.4) is 0 Å². The van der Waals surface area contributed by atoms with E-state index >= 15 is 0 Å². The van der Waals surface area contributed by atoms with Crippen molar-refractivity contribution < 1.29 is 14.1 Å². The maximum atomic E-state index is 13.7. The third kappa shape index (κ3) is 4.76. The summed E-state index contributed by atoms with van der Waals surface area (Å²) in [6, 6.07) is 7.74. The SMILES string of the molecule is Cc1cc(C(C(=O)N2CCCC2C(=O)NCc2ccc(-c3scnc3C)cc2C)C2CCC2)on1. The summed E-state index contributed by atoms with van der Waals surface area (Å²) in [6.07, 6.45) is 4.67. The Kier molecular flexibility index (Phi) is 6.73. The molecule has 2 unspecified atom stereocenters. The van der Waals surface area contributed by atoms with Gasteiger partial charge in [-0.2, -0.15) is 0 Å². The summed E-state index contributed by atoms with van der Waals surface area (Å²) < 4.78 is 5.52. The first-order valence-electron chi connectivity index (χ1n) is 12.4. The molecule has 8 heteroatoms. The van der Waals surface area contributed by atoms with Crippen molar-refractivity contribution in [1.29, 1.82) is 0 Å². The Balaban J connectivity index is 1.26. The van der Waals surface area contributed by atoms with Gasteiger partial charge in [0.2, 0.25) is 11.8 Å². The summed E-state index contributed by atoms with van der Waals surface area (Å²) in [4.78, 5) is 34.2. The summed E-state index contributed by atoms with van der Waals surface area (Å²) in [5.74, 6) is 0.476. The molecule has 0 spiro atoms. The minimum atomic E-state index is -0.437. The van der Waals surface area contributed by atoms with Crippen LogP contribution in [0, 0.1) is 26.7 Å². The van der Waals surface area contributed by atoms with E-state index in [0.29, 0.717) is 25.3 Å². The molecule has 5 rings (SSSR count). The van der Waals surface area contributed by atoms with Gasteiger partial charge in [0.05, 0.1) is 21.8 Å². The summed E-state index contributed by atoms with van der Waals surface area (Å²) in [6.45, 7) is 7.00. The molecule has 0 radical (unpaired) electrons. The van der Waals surface area contributed by atoms with E-state index in [2.05, 4.69) is 40.6 Å². The molecule has 2 atom stereocenters.